The van der Waals surface area contributed by atoms with Gasteiger partial charge in [0.05, 0.1) is 5.52 Å². The average Bonchev–Trinajstić information content (AvgIpc) is 2.83. The van der Waals surface area contributed by atoms with Gasteiger partial charge in [0.2, 0.25) is 5.91 Å². The molecular formula is C18H18N2O3. The summed E-state index contributed by atoms with van der Waals surface area (Å²) >= 11 is 0. The van der Waals surface area contributed by atoms with E-state index in [1.54, 1.807) is 10.6 Å². The summed E-state index contributed by atoms with van der Waals surface area (Å²) in [5.74, 6) is -0.443. The van der Waals surface area contributed by atoms with E-state index in [1.807, 2.05) is 49.4 Å². The van der Waals surface area contributed by atoms with Crippen molar-refractivity contribution >= 4 is 22.7 Å². The smallest absolute Gasteiger partial charge is 0.408 e. The Balaban J connectivity index is 1.59. The molecule has 0 aliphatic carbocycles. The van der Waals surface area contributed by atoms with Gasteiger partial charge < -0.3 is 9.73 Å². The van der Waals surface area contributed by atoms with E-state index in [-0.39, 0.29) is 11.7 Å². The van der Waals surface area contributed by atoms with Crippen LogP contribution in [0.2, 0.25) is 0 Å². The summed E-state index contributed by atoms with van der Waals surface area (Å²) in [5.41, 5.74) is 3.22. The van der Waals surface area contributed by atoms with Crippen molar-refractivity contribution in [2.75, 3.05) is 5.32 Å². The first-order chi connectivity index (χ1) is 11.1. The molecule has 1 amide bonds. The van der Waals surface area contributed by atoms with Gasteiger partial charge in [0.1, 0.15) is 0 Å². The number of carbonyl (C=O) groups excluding carboxylic acids is 1. The van der Waals surface area contributed by atoms with Crippen LogP contribution in [0.4, 0.5) is 5.69 Å². The minimum Gasteiger partial charge on any atom is -0.408 e. The van der Waals surface area contributed by atoms with Crippen LogP contribution in [0.15, 0.2) is 57.7 Å². The van der Waals surface area contributed by atoms with Crippen LogP contribution in [0, 0.1) is 6.92 Å². The molecule has 0 atom stereocenters. The number of anilines is 1. The first-order valence-electron chi connectivity index (χ1n) is 7.58. The zero-order valence-electron chi connectivity index (χ0n) is 12.9. The molecule has 0 unspecified atom stereocenters. The Morgan fingerprint density at radius 3 is 2.83 bits per heavy atom. The van der Waals surface area contributed by atoms with E-state index in [9.17, 15) is 9.59 Å². The summed E-state index contributed by atoms with van der Waals surface area (Å²) in [6.07, 6.45) is 0.918. The van der Waals surface area contributed by atoms with Gasteiger partial charge in [-0.3, -0.25) is 9.36 Å². The second-order valence-corrected chi connectivity index (χ2v) is 5.51. The Kier molecular flexibility index (Phi) is 4.28. The van der Waals surface area contributed by atoms with Crippen LogP contribution in [0.3, 0.4) is 0 Å². The molecule has 2 aromatic carbocycles. The highest BCUT2D eigenvalue weighted by Crippen LogP contribution is 2.13. The number of benzene rings is 2. The molecule has 0 aliphatic rings. The molecule has 0 spiro atoms. The van der Waals surface area contributed by atoms with Gasteiger partial charge >= 0.3 is 5.76 Å². The lowest BCUT2D eigenvalue weighted by molar-refractivity contribution is -0.116. The Morgan fingerprint density at radius 2 is 2.00 bits per heavy atom. The molecule has 1 heterocycles. The number of nitrogens with one attached hydrogen (secondary N) is 1. The fourth-order valence-corrected chi connectivity index (χ4v) is 2.57. The number of fused-ring (bicyclic) bond motifs is 1. The van der Waals surface area contributed by atoms with Gasteiger partial charge in [-0.15, -0.1) is 0 Å². The van der Waals surface area contributed by atoms with E-state index in [0.29, 0.717) is 25.0 Å². The second-order valence-electron chi connectivity index (χ2n) is 5.51. The third kappa shape index (κ3) is 3.51. The number of para-hydroxylation sites is 2. The molecule has 0 bridgehead atoms. The van der Waals surface area contributed by atoms with Gasteiger partial charge in [0.15, 0.2) is 5.58 Å². The van der Waals surface area contributed by atoms with Crippen LogP contribution in [0.25, 0.3) is 11.1 Å². The SMILES string of the molecule is Cc1cccc(NC(=O)CCCn2c(=O)oc3ccccc32)c1. The summed E-state index contributed by atoms with van der Waals surface area (Å²) in [5, 5.41) is 2.86. The number of aromatic nitrogens is 1. The summed E-state index contributed by atoms with van der Waals surface area (Å²) in [4.78, 5) is 23.8. The maximum Gasteiger partial charge on any atom is 0.419 e. The van der Waals surface area contributed by atoms with Crippen molar-refractivity contribution in [2.24, 2.45) is 0 Å². The topological polar surface area (TPSA) is 64.2 Å². The van der Waals surface area contributed by atoms with E-state index in [0.717, 1.165) is 16.8 Å². The minimum absolute atomic E-state index is 0.0588. The number of oxazole rings is 1. The fraction of sp³-hybridized carbons (Fsp3) is 0.222. The van der Waals surface area contributed by atoms with E-state index >= 15 is 0 Å². The quantitative estimate of drug-likeness (QED) is 0.786. The molecule has 0 aliphatic heterocycles. The Bertz CT molecular complexity index is 892. The minimum atomic E-state index is -0.384. The molecular weight excluding hydrogens is 292 g/mol. The number of nitrogens with zero attached hydrogens (tertiary/aromatic N) is 1. The first-order valence-corrected chi connectivity index (χ1v) is 7.58. The number of amides is 1. The van der Waals surface area contributed by atoms with Crippen molar-refractivity contribution in [2.45, 2.75) is 26.3 Å². The third-order valence-electron chi connectivity index (χ3n) is 3.66. The molecule has 5 nitrogen and oxygen atoms in total. The number of hydrogen-bond donors (Lipinski definition) is 1. The predicted octanol–water partition coefficient (Wildman–Crippen LogP) is 3.32. The van der Waals surface area contributed by atoms with Crippen LogP contribution in [0.1, 0.15) is 18.4 Å². The van der Waals surface area contributed by atoms with Crippen LogP contribution >= 0.6 is 0 Å². The molecule has 23 heavy (non-hydrogen) atoms. The van der Waals surface area contributed by atoms with Gasteiger partial charge in [-0.25, -0.2) is 4.79 Å². The molecule has 1 N–H and O–H groups in total. The third-order valence-corrected chi connectivity index (χ3v) is 3.66. The molecule has 0 saturated heterocycles. The molecule has 3 rings (SSSR count). The molecule has 1 aromatic heterocycles. The van der Waals surface area contributed by atoms with E-state index in [1.165, 1.54) is 0 Å². The molecule has 0 fully saturated rings. The lowest BCUT2D eigenvalue weighted by atomic mass is 10.2. The predicted molar refractivity (Wildman–Crippen MR) is 89.5 cm³/mol. The second kappa shape index (κ2) is 6.52. The molecule has 118 valence electrons. The van der Waals surface area contributed by atoms with Crippen molar-refractivity contribution in [1.82, 2.24) is 4.57 Å². The number of carbonyl (C=O) groups is 1. The monoisotopic (exact) mass is 310 g/mol. The summed E-state index contributed by atoms with van der Waals surface area (Å²) in [6.45, 7) is 2.43. The summed E-state index contributed by atoms with van der Waals surface area (Å²) in [7, 11) is 0. The Morgan fingerprint density at radius 1 is 1.17 bits per heavy atom. The maximum atomic E-state index is 12.0. The largest absolute Gasteiger partial charge is 0.419 e. The maximum absolute atomic E-state index is 12.0. The van der Waals surface area contributed by atoms with Crippen LogP contribution in [0.5, 0.6) is 0 Å². The number of aryl methyl sites for hydroxylation is 2. The van der Waals surface area contributed by atoms with Gasteiger partial charge in [-0.1, -0.05) is 24.3 Å². The average molecular weight is 310 g/mol. The van der Waals surface area contributed by atoms with Gasteiger partial charge in [-0.05, 0) is 43.2 Å². The lowest BCUT2D eigenvalue weighted by Gasteiger charge is -2.06. The standard InChI is InChI=1S/C18H18N2O3/c1-13-6-4-7-14(12-13)19-17(21)10-5-11-20-15-8-2-3-9-16(15)23-18(20)22/h2-4,6-9,12H,5,10-11H2,1H3,(H,19,21). The number of hydrogen-bond acceptors (Lipinski definition) is 3. The van der Waals surface area contributed by atoms with Gasteiger partial charge in [-0.2, -0.15) is 0 Å². The molecule has 0 saturated carbocycles. The van der Waals surface area contributed by atoms with Gasteiger partial charge in [0, 0.05) is 18.7 Å². The Labute approximate surface area is 133 Å². The Hall–Kier alpha value is -2.82. The normalized spacial score (nSPS) is 10.8. The highest BCUT2D eigenvalue weighted by atomic mass is 16.4. The van der Waals surface area contributed by atoms with Crippen molar-refractivity contribution in [1.29, 1.82) is 0 Å². The van der Waals surface area contributed by atoms with Crippen molar-refractivity contribution in [3.63, 3.8) is 0 Å². The summed E-state index contributed by atoms with van der Waals surface area (Å²) < 4.78 is 6.74. The van der Waals surface area contributed by atoms with Crippen LogP contribution in [-0.2, 0) is 11.3 Å². The zero-order chi connectivity index (χ0) is 16.2. The lowest BCUT2D eigenvalue weighted by Crippen LogP contribution is -2.17. The highest BCUT2D eigenvalue weighted by Gasteiger charge is 2.09. The molecule has 5 heteroatoms. The zero-order valence-corrected chi connectivity index (χ0v) is 12.9. The summed E-state index contributed by atoms with van der Waals surface area (Å²) in [6, 6.07) is 15.0. The molecule has 0 radical (unpaired) electrons. The van der Waals surface area contributed by atoms with Crippen molar-refractivity contribution < 1.29 is 9.21 Å². The first kappa shape index (κ1) is 15.1. The van der Waals surface area contributed by atoms with Crippen molar-refractivity contribution in [3.8, 4) is 0 Å². The fourth-order valence-electron chi connectivity index (χ4n) is 2.57. The van der Waals surface area contributed by atoms with Crippen LogP contribution < -0.4 is 11.1 Å². The highest BCUT2D eigenvalue weighted by molar-refractivity contribution is 5.90. The van der Waals surface area contributed by atoms with Crippen LogP contribution in [-0.4, -0.2) is 10.5 Å². The van der Waals surface area contributed by atoms with E-state index < -0.39 is 0 Å². The van der Waals surface area contributed by atoms with E-state index in [4.69, 9.17) is 4.42 Å². The number of rotatable bonds is 5. The van der Waals surface area contributed by atoms with E-state index in [2.05, 4.69) is 5.32 Å². The van der Waals surface area contributed by atoms with Crippen molar-refractivity contribution in [3.05, 3.63) is 64.6 Å². The van der Waals surface area contributed by atoms with Gasteiger partial charge in [0.25, 0.3) is 0 Å². The molecule has 3 aromatic rings.